The standard InChI is InChI=1S/C24H39N5O2.HI/c1-18(2)31-22-16-19(3)8-9-21(22)17-27-24(25-4)26-10-11-28-12-14-29(15-13-28)23(30)20-6-5-7-20;/h8-9,16,18,20H,5-7,10-15,17H2,1-4H3,(H2,25,26,27);1H. The molecule has 1 aromatic rings. The van der Waals surface area contributed by atoms with Gasteiger partial charge in [-0.15, -0.1) is 24.0 Å². The summed E-state index contributed by atoms with van der Waals surface area (Å²) in [6.45, 7) is 12.2. The first-order valence-electron chi connectivity index (χ1n) is 11.7. The Bertz CT molecular complexity index is 759. The highest BCUT2D eigenvalue weighted by molar-refractivity contribution is 14.0. The number of rotatable bonds is 8. The molecule has 1 saturated carbocycles. The van der Waals surface area contributed by atoms with Gasteiger partial charge in [-0.25, -0.2) is 0 Å². The molecule has 1 aromatic carbocycles. The number of benzene rings is 1. The second-order valence-electron chi connectivity index (χ2n) is 8.93. The van der Waals surface area contributed by atoms with Gasteiger partial charge in [-0.05, 0) is 45.2 Å². The maximum absolute atomic E-state index is 12.4. The molecule has 0 radical (unpaired) electrons. The summed E-state index contributed by atoms with van der Waals surface area (Å²) in [4.78, 5) is 21.2. The molecule has 1 aliphatic carbocycles. The molecule has 180 valence electrons. The van der Waals surface area contributed by atoms with Gasteiger partial charge >= 0.3 is 0 Å². The van der Waals surface area contributed by atoms with Crippen LogP contribution >= 0.6 is 24.0 Å². The van der Waals surface area contributed by atoms with Gasteiger partial charge in [0.25, 0.3) is 0 Å². The van der Waals surface area contributed by atoms with Gasteiger partial charge in [-0.2, -0.15) is 0 Å². The van der Waals surface area contributed by atoms with E-state index in [1.54, 1.807) is 7.05 Å². The van der Waals surface area contributed by atoms with Crippen molar-refractivity contribution in [2.24, 2.45) is 10.9 Å². The number of guanidine groups is 1. The summed E-state index contributed by atoms with van der Waals surface area (Å²) in [6.07, 6.45) is 3.53. The Morgan fingerprint density at radius 3 is 2.50 bits per heavy atom. The van der Waals surface area contributed by atoms with Crippen LogP contribution in [0.2, 0.25) is 0 Å². The maximum Gasteiger partial charge on any atom is 0.225 e. The van der Waals surface area contributed by atoms with E-state index in [-0.39, 0.29) is 30.1 Å². The summed E-state index contributed by atoms with van der Waals surface area (Å²) >= 11 is 0. The molecule has 2 N–H and O–H groups in total. The highest BCUT2D eigenvalue weighted by Gasteiger charge is 2.30. The third-order valence-corrected chi connectivity index (χ3v) is 6.11. The van der Waals surface area contributed by atoms with Gasteiger partial charge in [0.2, 0.25) is 5.91 Å². The zero-order chi connectivity index (χ0) is 22.2. The second kappa shape index (κ2) is 13.2. The van der Waals surface area contributed by atoms with Gasteiger partial charge in [-0.1, -0.05) is 18.6 Å². The van der Waals surface area contributed by atoms with E-state index in [1.807, 2.05) is 13.8 Å². The lowest BCUT2D eigenvalue weighted by Gasteiger charge is -2.38. The smallest absolute Gasteiger partial charge is 0.225 e. The van der Waals surface area contributed by atoms with Crippen LogP contribution in [0.25, 0.3) is 0 Å². The molecule has 1 amide bonds. The van der Waals surface area contributed by atoms with Crippen LogP contribution in [0.1, 0.15) is 44.2 Å². The number of halogens is 1. The Labute approximate surface area is 210 Å². The number of carbonyl (C=O) groups excluding carboxylic acids is 1. The van der Waals surface area contributed by atoms with E-state index in [1.165, 1.54) is 12.0 Å². The topological polar surface area (TPSA) is 69.2 Å². The van der Waals surface area contributed by atoms with Gasteiger partial charge < -0.3 is 20.3 Å². The molecule has 1 aliphatic heterocycles. The molecule has 0 unspecified atom stereocenters. The van der Waals surface area contributed by atoms with Crippen LogP contribution in [0.4, 0.5) is 0 Å². The number of hydrogen-bond donors (Lipinski definition) is 2. The van der Waals surface area contributed by atoms with E-state index in [0.29, 0.717) is 18.4 Å². The Morgan fingerprint density at radius 1 is 1.19 bits per heavy atom. The molecule has 2 fully saturated rings. The zero-order valence-electron chi connectivity index (χ0n) is 20.0. The van der Waals surface area contributed by atoms with Gasteiger partial charge in [0, 0.05) is 64.3 Å². The Kier molecular flexibility index (Phi) is 11.0. The average molecular weight is 558 g/mol. The molecule has 0 aromatic heterocycles. The van der Waals surface area contributed by atoms with Crippen molar-refractivity contribution >= 4 is 35.8 Å². The summed E-state index contributed by atoms with van der Waals surface area (Å²) in [7, 11) is 1.79. The third-order valence-electron chi connectivity index (χ3n) is 6.11. The SMILES string of the molecule is CN=C(NCCN1CCN(C(=O)C2CCC2)CC1)NCc1ccc(C)cc1OC(C)C.I. The zero-order valence-corrected chi connectivity index (χ0v) is 22.4. The number of hydrogen-bond acceptors (Lipinski definition) is 4. The third kappa shape index (κ3) is 7.79. The Hall–Kier alpha value is -1.55. The number of nitrogens with one attached hydrogen (secondary N) is 2. The highest BCUT2D eigenvalue weighted by atomic mass is 127. The molecule has 0 bridgehead atoms. The minimum absolute atomic E-state index is 0. The van der Waals surface area contributed by atoms with Crippen molar-refractivity contribution in [1.82, 2.24) is 20.4 Å². The van der Waals surface area contributed by atoms with Crippen molar-refractivity contribution in [3.05, 3.63) is 29.3 Å². The van der Waals surface area contributed by atoms with Crippen LogP contribution in [-0.2, 0) is 11.3 Å². The van der Waals surface area contributed by atoms with Crippen LogP contribution in [0.5, 0.6) is 5.75 Å². The predicted octanol–water partition coefficient (Wildman–Crippen LogP) is 3.01. The molecule has 2 aliphatic rings. The fourth-order valence-corrected chi connectivity index (χ4v) is 4.01. The molecule has 1 saturated heterocycles. The van der Waals surface area contributed by atoms with Crippen molar-refractivity contribution < 1.29 is 9.53 Å². The Balaban J connectivity index is 0.00000363. The number of aliphatic imine (C=N–C) groups is 1. The molecule has 1 heterocycles. The quantitative estimate of drug-likeness (QED) is 0.292. The number of amides is 1. The van der Waals surface area contributed by atoms with Crippen LogP contribution in [0.15, 0.2) is 23.2 Å². The molecular formula is C24H40IN5O2. The molecule has 0 atom stereocenters. The van der Waals surface area contributed by atoms with E-state index < -0.39 is 0 Å². The number of aryl methyl sites for hydroxylation is 1. The molecule has 3 rings (SSSR count). The molecule has 8 heteroatoms. The average Bonchev–Trinajstić information content (AvgIpc) is 2.70. The fraction of sp³-hybridized carbons (Fsp3) is 0.667. The van der Waals surface area contributed by atoms with E-state index in [2.05, 4.69) is 50.5 Å². The minimum atomic E-state index is 0. The van der Waals surface area contributed by atoms with Crippen LogP contribution in [0.3, 0.4) is 0 Å². The lowest BCUT2D eigenvalue weighted by molar-refractivity contribution is -0.139. The first-order valence-corrected chi connectivity index (χ1v) is 11.7. The maximum atomic E-state index is 12.4. The van der Waals surface area contributed by atoms with Gasteiger partial charge in [-0.3, -0.25) is 14.7 Å². The van der Waals surface area contributed by atoms with E-state index in [0.717, 1.165) is 69.4 Å². The van der Waals surface area contributed by atoms with Crippen molar-refractivity contribution in [2.45, 2.75) is 52.7 Å². The number of piperazine rings is 1. The highest BCUT2D eigenvalue weighted by Crippen LogP contribution is 2.28. The van der Waals surface area contributed by atoms with E-state index in [9.17, 15) is 4.79 Å². The summed E-state index contributed by atoms with van der Waals surface area (Å²) in [5, 5.41) is 6.80. The minimum Gasteiger partial charge on any atom is -0.491 e. The summed E-state index contributed by atoms with van der Waals surface area (Å²) in [6, 6.07) is 6.30. The van der Waals surface area contributed by atoms with Crippen LogP contribution in [0, 0.1) is 12.8 Å². The first-order chi connectivity index (χ1) is 15.0. The lowest BCUT2D eigenvalue weighted by Crippen LogP contribution is -2.52. The summed E-state index contributed by atoms with van der Waals surface area (Å²) in [5.74, 6) is 2.40. The molecular weight excluding hydrogens is 517 g/mol. The van der Waals surface area contributed by atoms with Gasteiger partial charge in [0.1, 0.15) is 5.75 Å². The predicted molar refractivity (Wildman–Crippen MR) is 141 cm³/mol. The van der Waals surface area contributed by atoms with Crippen LogP contribution < -0.4 is 15.4 Å². The van der Waals surface area contributed by atoms with E-state index >= 15 is 0 Å². The number of carbonyl (C=O) groups is 1. The van der Waals surface area contributed by atoms with Gasteiger partial charge in [0.05, 0.1) is 6.10 Å². The normalized spacial score (nSPS) is 17.5. The van der Waals surface area contributed by atoms with E-state index in [4.69, 9.17) is 4.74 Å². The van der Waals surface area contributed by atoms with Crippen molar-refractivity contribution in [1.29, 1.82) is 0 Å². The number of ether oxygens (including phenoxy) is 1. The summed E-state index contributed by atoms with van der Waals surface area (Å²) < 4.78 is 5.97. The molecule has 7 nitrogen and oxygen atoms in total. The number of nitrogens with zero attached hydrogens (tertiary/aromatic N) is 3. The van der Waals surface area contributed by atoms with Crippen molar-refractivity contribution in [3.63, 3.8) is 0 Å². The molecule has 0 spiro atoms. The largest absolute Gasteiger partial charge is 0.491 e. The fourth-order valence-electron chi connectivity index (χ4n) is 4.01. The second-order valence-corrected chi connectivity index (χ2v) is 8.93. The lowest BCUT2D eigenvalue weighted by atomic mass is 9.84. The first kappa shape index (κ1) is 26.7. The van der Waals surface area contributed by atoms with Gasteiger partial charge in [0.15, 0.2) is 5.96 Å². The summed E-state index contributed by atoms with van der Waals surface area (Å²) in [5.41, 5.74) is 2.31. The van der Waals surface area contributed by atoms with Crippen molar-refractivity contribution in [3.8, 4) is 5.75 Å². The van der Waals surface area contributed by atoms with Crippen molar-refractivity contribution in [2.75, 3.05) is 46.3 Å². The molecule has 32 heavy (non-hydrogen) atoms. The monoisotopic (exact) mass is 557 g/mol. The Morgan fingerprint density at radius 2 is 1.91 bits per heavy atom. The van der Waals surface area contributed by atoms with Crippen LogP contribution in [-0.4, -0.2) is 74.1 Å².